The number of nitrogens with zero attached hydrogens (tertiary/aromatic N) is 4. The summed E-state index contributed by atoms with van der Waals surface area (Å²) in [6.07, 6.45) is 2.93. The van der Waals surface area contributed by atoms with Gasteiger partial charge in [-0.05, 0) is 43.3 Å². The number of amidine groups is 1. The number of hydrogen-bond acceptors (Lipinski definition) is 10. The van der Waals surface area contributed by atoms with Crippen LogP contribution in [0.2, 0.25) is 0 Å². The number of carbonyl (C=O) groups is 1. The van der Waals surface area contributed by atoms with Crippen LogP contribution in [-0.4, -0.2) is 66.6 Å². The second kappa shape index (κ2) is 14.2. The van der Waals surface area contributed by atoms with Gasteiger partial charge in [0.15, 0.2) is 17.4 Å². The van der Waals surface area contributed by atoms with Crippen molar-refractivity contribution in [2.24, 2.45) is 5.73 Å². The van der Waals surface area contributed by atoms with Crippen LogP contribution in [0, 0.1) is 11.2 Å². The van der Waals surface area contributed by atoms with E-state index in [9.17, 15) is 4.79 Å². The highest BCUT2D eigenvalue weighted by molar-refractivity contribution is 5.95. The second-order valence-corrected chi connectivity index (χ2v) is 8.19. The largest absolute Gasteiger partial charge is 0.494 e. The van der Waals surface area contributed by atoms with Crippen molar-refractivity contribution in [2.45, 2.75) is 19.9 Å². The Kier molecular flexibility index (Phi) is 10.5. The molecule has 0 aliphatic rings. The number of hydrogen-bond donors (Lipinski definition) is 6. The summed E-state index contributed by atoms with van der Waals surface area (Å²) in [6.45, 7) is 2.73. The predicted molar refractivity (Wildman–Crippen MR) is 146 cm³/mol. The first-order valence-corrected chi connectivity index (χ1v) is 12.2. The third kappa shape index (κ3) is 8.09. The van der Waals surface area contributed by atoms with Crippen LogP contribution in [-0.2, 0) is 4.79 Å². The van der Waals surface area contributed by atoms with Gasteiger partial charge in [-0.25, -0.2) is 19.2 Å². The molecule has 0 spiro atoms. The van der Waals surface area contributed by atoms with E-state index in [4.69, 9.17) is 35.6 Å². The number of carboxylic acid groups (broad SMARTS) is 1. The Hall–Kier alpha value is -5.31. The van der Waals surface area contributed by atoms with E-state index in [1.165, 1.54) is 24.5 Å². The van der Waals surface area contributed by atoms with Gasteiger partial charge in [0.05, 0.1) is 13.2 Å². The van der Waals surface area contributed by atoms with E-state index >= 15 is 4.39 Å². The lowest BCUT2D eigenvalue weighted by atomic mass is 10.0. The van der Waals surface area contributed by atoms with E-state index in [1.54, 1.807) is 37.3 Å². The Morgan fingerprint density at radius 1 is 1.22 bits per heavy atom. The van der Waals surface area contributed by atoms with Crippen LogP contribution < -0.4 is 26.2 Å². The highest BCUT2D eigenvalue weighted by atomic mass is 19.1. The summed E-state index contributed by atoms with van der Waals surface area (Å²) >= 11 is 0. The molecule has 4 rings (SSSR count). The number of nitrogens with two attached hydrogens (primary N) is 1. The van der Waals surface area contributed by atoms with Crippen LogP contribution in [0.25, 0.3) is 5.95 Å². The summed E-state index contributed by atoms with van der Waals surface area (Å²) in [4.78, 5) is 32.5. The summed E-state index contributed by atoms with van der Waals surface area (Å²) in [5, 5.41) is 31.7. The third-order valence-corrected chi connectivity index (χ3v) is 5.17. The number of ether oxygens (including phenoxy) is 2. The quantitative estimate of drug-likeness (QED) is 0.113. The van der Waals surface area contributed by atoms with E-state index in [1.807, 2.05) is 0 Å². The number of nitrogens with one attached hydrogen (secondary N) is 3. The Morgan fingerprint density at radius 3 is 2.46 bits per heavy atom. The fourth-order valence-electron chi connectivity index (χ4n) is 3.53. The normalized spacial score (nSPS) is 11.1. The predicted octanol–water partition coefficient (Wildman–Crippen LogP) is 1.84. The highest BCUT2D eigenvalue weighted by Gasteiger charge is 2.27. The first-order chi connectivity index (χ1) is 19.6. The number of halogens is 1. The van der Waals surface area contributed by atoms with Gasteiger partial charge in [0.2, 0.25) is 0 Å². The molecule has 216 valence electrons. The summed E-state index contributed by atoms with van der Waals surface area (Å²) in [6, 6.07) is 10.0. The Balaban J connectivity index is 0.00000108. The molecule has 0 radical (unpaired) electrons. The van der Waals surface area contributed by atoms with Gasteiger partial charge in [-0.1, -0.05) is 0 Å². The molecule has 15 heteroatoms. The van der Waals surface area contributed by atoms with E-state index in [2.05, 4.69) is 25.4 Å². The lowest BCUT2D eigenvalue weighted by molar-refractivity contribution is -0.134. The van der Waals surface area contributed by atoms with Crippen molar-refractivity contribution >= 4 is 17.5 Å². The van der Waals surface area contributed by atoms with Gasteiger partial charge < -0.3 is 30.7 Å². The number of nitrogen functional groups attached to an aromatic ring is 1. The Labute approximate surface area is 233 Å². The number of aliphatic carboxylic acids is 1. The SMILES string of the molecule is CC(=O)O.CCOc1cc(OCCO)c(F)c([C@H](Nc2ccc(C(=N)N)cc2)c2nn(-c3ncccn3)c(=O)[nH]2)c1. The van der Waals surface area contributed by atoms with Crippen molar-refractivity contribution in [3.63, 3.8) is 0 Å². The van der Waals surface area contributed by atoms with Crippen LogP contribution in [0.3, 0.4) is 0 Å². The number of carboxylic acids is 1. The molecule has 0 saturated carbocycles. The molecule has 0 aliphatic heterocycles. The maximum Gasteiger partial charge on any atom is 0.350 e. The van der Waals surface area contributed by atoms with Crippen molar-refractivity contribution in [2.75, 3.05) is 25.1 Å². The lowest BCUT2D eigenvalue weighted by Crippen LogP contribution is -2.18. The van der Waals surface area contributed by atoms with Crippen molar-refractivity contribution < 1.29 is 28.9 Å². The molecule has 0 amide bonds. The zero-order valence-corrected chi connectivity index (χ0v) is 22.2. The smallest absolute Gasteiger partial charge is 0.350 e. The molecule has 0 aliphatic carbocycles. The number of benzene rings is 2. The molecule has 2 aromatic carbocycles. The fourth-order valence-corrected chi connectivity index (χ4v) is 3.53. The van der Waals surface area contributed by atoms with Crippen LogP contribution in [0.4, 0.5) is 10.1 Å². The van der Waals surface area contributed by atoms with Gasteiger partial charge in [-0.15, -0.1) is 9.78 Å². The zero-order valence-electron chi connectivity index (χ0n) is 22.2. The standard InChI is InChI=1S/C24H25FN8O4.C2H4O2/c1-2-36-16-12-17(19(25)18(13-16)37-11-10-34)20(30-15-6-4-14(5-7-15)21(26)27)22-31-24(35)33(32-22)23-28-8-3-9-29-23;1-2(3)4/h3-9,12-13,20,30,34H,2,10-11H2,1H3,(H3,26,27)(H,31,32,35);1H3,(H,3,4)/t20-;/m0./s1. The minimum Gasteiger partial charge on any atom is -0.494 e. The topological polar surface area (TPSA) is 214 Å². The zero-order chi connectivity index (χ0) is 29.9. The molecular weight excluding hydrogens is 539 g/mol. The van der Waals surface area contributed by atoms with Gasteiger partial charge in [0, 0.05) is 42.2 Å². The average molecular weight is 569 g/mol. The monoisotopic (exact) mass is 568 g/mol. The third-order valence-electron chi connectivity index (χ3n) is 5.17. The molecule has 4 aromatic rings. The van der Waals surface area contributed by atoms with Crippen LogP contribution in [0.15, 0.2) is 59.7 Å². The van der Waals surface area contributed by atoms with Gasteiger partial charge in [-0.2, -0.15) is 0 Å². The number of H-pyrrole nitrogens is 1. The van der Waals surface area contributed by atoms with Crippen molar-refractivity contribution in [1.82, 2.24) is 24.7 Å². The van der Waals surface area contributed by atoms with E-state index in [-0.39, 0.29) is 42.1 Å². The Morgan fingerprint density at radius 2 is 1.88 bits per heavy atom. The molecule has 41 heavy (non-hydrogen) atoms. The minimum atomic E-state index is -1.03. The number of rotatable bonds is 11. The number of anilines is 1. The highest BCUT2D eigenvalue weighted by Crippen LogP contribution is 2.35. The summed E-state index contributed by atoms with van der Waals surface area (Å²) in [7, 11) is 0. The summed E-state index contributed by atoms with van der Waals surface area (Å²) in [5.41, 5.74) is 6.01. The van der Waals surface area contributed by atoms with Gasteiger partial charge in [0.1, 0.15) is 24.2 Å². The van der Waals surface area contributed by atoms with E-state index in [0.717, 1.165) is 11.6 Å². The van der Waals surface area contributed by atoms with Crippen LogP contribution in [0.1, 0.15) is 36.8 Å². The van der Waals surface area contributed by atoms with Crippen molar-refractivity contribution in [1.29, 1.82) is 5.41 Å². The molecule has 0 bridgehead atoms. The lowest BCUT2D eigenvalue weighted by Gasteiger charge is -2.21. The number of aliphatic hydroxyl groups excluding tert-OH is 1. The van der Waals surface area contributed by atoms with Crippen LogP contribution >= 0.6 is 0 Å². The maximum absolute atomic E-state index is 15.8. The Bertz CT molecular complexity index is 1520. The molecule has 14 nitrogen and oxygen atoms in total. The number of aromatic nitrogens is 5. The first kappa shape index (κ1) is 30.2. The molecule has 2 aromatic heterocycles. The second-order valence-electron chi connectivity index (χ2n) is 8.19. The average Bonchev–Trinajstić information content (AvgIpc) is 3.33. The van der Waals surface area contributed by atoms with Gasteiger partial charge in [-0.3, -0.25) is 15.2 Å². The summed E-state index contributed by atoms with van der Waals surface area (Å²) in [5.74, 6) is -1.39. The molecule has 0 fully saturated rings. The number of aliphatic hydroxyl groups is 1. The first-order valence-electron chi connectivity index (χ1n) is 12.2. The molecule has 0 saturated heterocycles. The molecule has 7 N–H and O–H groups in total. The minimum absolute atomic E-state index is 0.0371. The molecule has 2 heterocycles. The van der Waals surface area contributed by atoms with Crippen LogP contribution in [0.5, 0.6) is 11.5 Å². The van der Waals surface area contributed by atoms with E-state index < -0.39 is 23.5 Å². The maximum atomic E-state index is 15.8. The molecule has 0 unspecified atom stereocenters. The molecular formula is C26H29FN8O6. The van der Waals surface area contributed by atoms with E-state index in [0.29, 0.717) is 23.6 Å². The van der Waals surface area contributed by atoms with Crippen molar-refractivity contribution in [3.8, 4) is 17.4 Å². The summed E-state index contributed by atoms with van der Waals surface area (Å²) < 4.78 is 27.7. The van der Waals surface area contributed by atoms with Crippen molar-refractivity contribution in [3.05, 3.63) is 88.1 Å². The molecule has 1 atom stereocenters. The van der Waals surface area contributed by atoms with Gasteiger partial charge in [0.25, 0.3) is 11.9 Å². The fraction of sp³-hybridized carbons (Fsp3) is 0.231. The number of aromatic amines is 1. The van der Waals surface area contributed by atoms with Gasteiger partial charge >= 0.3 is 5.69 Å².